The fourth-order valence-corrected chi connectivity index (χ4v) is 2.78. The van der Waals surface area contributed by atoms with Crippen molar-refractivity contribution in [1.82, 2.24) is 9.55 Å². The molecule has 0 aliphatic rings. The fourth-order valence-electron chi connectivity index (χ4n) is 2.78. The van der Waals surface area contributed by atoms with Crippen molar-refractivity contribution >= 4 is 5.78 Å². The Bertz CT molecular complexity index is 534. The van der Waals surface area contributed by atoms with Gasteiger partial charge in [0.05, 0.1) is 12.4 Å². The van der Waals surface area contributed by atoms with Crippen molar-refractivity contribution in [3.8, 4) is 0 Å². The van der Waals surface area contributed by atoms with Crippen LogP contribution in [-0.4, -0.2) is 15.3 Å². The number of ketones is 1. The van der Waals surface area contributed by atoms with E-state index in [1.54, 1.807) is 12.5 Å². The maximum Gasteiger partial charge on any atom is 0.185 e. The van der Waals surface area contributed by atoms with Gasteiger partial charge in [-0.1, -0.05) is 75.8 Å². The smallest absolute Gasteiger partial charge is 0.185 e. The molecular weight excluding hydrogens is 272 g/mol. The summed E-state index contributed by atoms with van der Waals surface area (Å²) in [7, 11) is 0. The molecule has 0 bridgehead atoms. The van der Waals surface area contributed by atoms with E-state index in [0.717, 1.165) is 18.4 Å². The Morgan fingerprint density at radius 2 is 1.82 bits per heavy atom. The van der Waals surface area contributed by atoms with Gasteiger partial charge in [-0.05, 0) is 6.42 Å². The van der Waals surface area contributed by atoms with Crippen LogP contribution in [0.25, 0.3) is 0 Å². The highest BCUT2D eigenvalue weighted by molar-refractivity contribution is 5.98. The number of Topliss-reactive ketones (excluding diaryl/α,β-unsaturated/α-hetero) is 1. The number of carbonyl (C=O) groups excluding carboxylic acids is 1. The molecule has 1 atom stereocenters. The lowest BCUT2D eigenvalue weighted by molar-refractivity contribution is 0.0917. The van der Waals surface area contributed by atoms with Crippen molar-refractivity contribution < 1.29 is 4.79 Å². The van der Waals surface area contributed by atoms with Crippen LogP contribution in [-0.2, 0) is 0 Å². The van der Waals surface area contributed by atoms with Crippen molar-refractivity contribution in [2.75, 3.05) is 0 Å². The average molecular weight is 298 g/mol. The van der Waals surface area contributed by atoms with E-state index in [1.807, 2.05) is 41.1 Å². The largest absolute Gasteiger partial charge is 0.327 e. The minimum absolute atomic E-state index is 0.129. The molecule has 2 aromatic rings. The predicted molar refractivity (Wildman–Crippen MR) is 90.0 cm³/mol. The Balaban J connectivity index is 1.94. The number of hydrogen-bond donors (Lipinski definition) is 0. The summed E-state index contributed by atoms with van der Waals surface area (Å²) in [4.78, 5) is 16.9. The number of aromatic nitrogens is 2. The zero-order chi connectivity index (χ0) is 15.6. The zero-order valence-electron chi connectivity index (χ0n) is 13.4. The van der Waals surface area contributed by atoms with Gasteiger partial charge in [0.25, 0.3) is 0 Å². The summed E-state index contributed by atoms with van der Waals surface area (Å²) in [6, 6.07) is 9.44. The van der Waals surface area contributed by atoms with Gasteiger partial charge in [0.15, 0.2) is 5.78 Å². The number of hydrogen-bond acceptors (Lipinski definition) is 2. The van der Waals surface area contributed by atoms with Gasteiger partial charge in [0.2, 0.25) is 0 Å². The van der Waals surface area contributed by atoms with Crippen LogP contribution in [0.4, 0.5) is 0 Å². The van der Waals surface area contributed by atoms with Gasteiger partial charge in [-0.25, -0.2) is 4.98 Å². The normalized spacial score (nSPS) is 12.2. The molecular formula is C19H26N2O. The number of imidazole rings is 1. The number of carbonyl (C=O) groups is 1. The third-order valence-electron chi connectivity index (χ3n) is 4.08. The first-order valence-corrected chi connectivity index (χ1v) is 8.39. The van der Waals surface area contributed by atoms with Gasteiger partial charge in [-0.3, -0.25) is 4.79 Å². The molecule has 1 aromatic heterocycles. The molecule has 118 valence electrons. The monoisotopic (exact) mass is 298 g/mol. The fraction of sp³-hybridized carbons (Fsp3) is 0.474. The maximum absolute atomic E-state index is 12.8. The van der Waals surface area contributed by atoms with E-state index in [9.17, 15) is 4.79 Å². The van der Waals surface area contributed by atoms with Gasteiger partial charge < -0.3 is 4.57 Å². The average Bonchev–Trinajstić information content (AvgIpc) is 3.09. The van der Waals surface area contributed by atoms with Crippen molar-refractivity contribution in [3.63, 3.8) is 0 Å². The van der Waals surface area contributed by atoms with Crippen molar-refractivity contribution in [2.24, 2.45) is 0 Å². The van der Waals surface area contributed by atoms with E-state index in [0.29, 0.717) is 0 Å². The van der Waals surface area contributed by atoms with E-state index in [2.05, 4.69) is 11.9 Å². The van der Waals surface area contributed by atoms with Crippen LogP contribution in [0.15, 0.2) is 49.1 Å². The molecule has 1 aromatic carbocycles. The highest BCUT2D eigenvalue weighted by Crippen LogP contribution is 2.21. The Hall–Kier alpha value is -1.90. The summed E-state index contributed by atoms with van der Waals surface area (Å²) in [6.07, 6.45) is 13.7. The quantitative estimate of drug-likeness (QED) is 0.454. The second kappa shape index (κ2) is 9.19. The van der Waals surface area contributed by atoms with Crippen molar-refractivity contribution in [1.29, 1.82) is 0 Å². The van der Waals surface area contributed by atoms with Crippen molar-refractivity contribution in [3.05, 3.63) is 54.6 Å². The second-order valence-electron chi connectivity index (χ2n) is 5.81. The molecule has 0 aliphatic carbocycles. The third kappa shape index (κ3) is 4.83. The maximum atomic E-state index is 12.8. The van der Waals surface area contributed by atoms with Crippen LogP contribution in [0, 0.1) is 0 Å². The molecule has 0 aliphatic heterocycles. The Morgan fingerprint density at radius 3 is 2.50 bits per heavy atom. The minimum Gasteiger partial charge on any atom is -0.327 e. The molecule has 0 N–H and O–H groups in total. The molecule has 0 saturated carbocycles. The molecule has 0 amide bonds. The van der Waals surface area contributed by atoms with E-state index < -0.39 is 0 Å². The van der Waals surface area contributed by atoms with Gasteiger partial charge in [-0.2, -0.15) is 0 Å². The lowest BCUT2D eigenvalue weighted by Gasteiger charge is -2.17. The summed E-state index contributed by atoms with van der Waals surface area (Å²) >= 11 is 0. The lowest BCUT2D eigenvalue weighted by atomic mass is 9.98. The molecule has 0 fully saturated rings. The predicted octanol–water partition coefficient (Wildman–Crippen LogP) is 5.06. The van der Waals surface area contributed by atoms with Crippen molar-refractivity contribution in [2.45, 2.75) is 57.9 Å². The van der Waals surface area contributed by atoms with Gasteiger partial charge in [-0.15, -0.1) is 0 Å². The molecule has 3 heteroatoms. The van der Waals surface area contributed by atoms with E-state index in [4.69, 9.17) is 0 Å². The first kappa shape index (κ1) is 16.5. The number of rotatable bonds is 10. The van der Waals surface area contributed by atoms with Crippen LogP contribution in [0.2, 0.25) is 0 Å². The number of benzene rings is 1. The Morgan fingerprint density at radius 1 is 1.09 bits per heavy atom. The first-order chi connectivity index (χ1) is 10.8. The van der Waals surface area contributed by atoms with Crippen LogP contribution in [0.5, 0.6) is 0 Å². The van der Waals surface area contributed by atoms with E-state index in [1.165, 1.54) is 32.1 Å². The van der Waals surface area contributed by atoms with Crippen LogP contribution >= 0.6 is 0 Å². The Kier molecular flexibility index (Phi) is 6.88. The third-order valence-corrected chi connectivity index (χ3v) is 4.08. The summed E-state index contributed by atoms with van der Waals surface area (Å²) in [5, 5.41) is 0. The molecule has 1 unspecified atom stereocenters. The molecule has 22 heavy (non-hydrogen) atoms. The summed E-state index contributed by atoms with van der Waals surface area (Å²) in [5.41, 5.74) is 0.784. The van der Waals surface area contributed by atoms with Gasteiger partial charge >= 0.3 is 0 Å². The topological polar surface area (TPSA) is 34.9 Å². The highest BCUT2D eigenvalue weighted by Gasteiger charge is 2.20. The number of nitrogens with zero attached hydrogens (tertiary/aromatic N) is 2. The zero-order valence-corrected chi connectivity index (χ0v) is 13.4. The molecule has 3 nitrogen and oxygen atoms in total. The highest BCUT2D eigenvalue weighted by atomic mass is 16.1. The SMILES string of the molecule is CCCCCCCCC(C(=O)c1ccccc1)n1ccnc1. The van der Waals surface area contributed by atoms with Gasteiger partial charge in [0.1, 0.15) is 0 Å². The van der Waals surface area contributed by atoms with E-state index in [-0.39, 0.29) is 11.8 Å². The van der Waals surface area contributed by atoms with Crippen LogP contribution in [0.3, 0.4) is 0 Å². The summed E-state index contributed by atoms with van der Waals surface area (Å²) < 4.78 is 1.95. The standard InChI is InChI=1S/C19H26N2O/c1-2-3-4-5-6-10-13-18(21-15-14-20-16-21)19(22)17-11-8-7-9-12-17/h7-9,11-12,14-16,18H,2-6,10,13H2,1H3. The molecule has 0 spiro atoms. The molecule has 0 radical (unpaired) electrons. The van der Waals surface area contributed by atoms with Gasteiger partial charge in [0, 0.05) is 18.0 Å². The first-order valence-electron chi connectivity index (χ1n) is 8.39. The second-order valence-corrected chi connectivity index (χ2v) is 5.81. The molecule has 2 rings (SSSR count). The lowest BCUT2D eigenvalue weighted by Crippen LogP contribution is -2.18. The Labute approximate surface area is 133 Å². The number of unbranched alkanes of at least 4 members (excludes halogenated alkanes) is 5. The summed E-state index contributed by atoms with van der Waals surface area (Å²) in [6.45, 7) is 2.23. The summed E-state index contributed by atoms with van der Waals surface area (Å²) in [5.74, 6) is 0.187. The molecule has 1 heterocycles. The van der Waals surface area contributed by atoms with E-state index >= 15 is 0 Å². The molecule has 0 saturated heterocycles. The minimum atomic E-state index is -0.129. The van der Waals surface area contributed by atoms with Crippen LogP contribution < -0.4 is 0 Å². The van der Waals surface area contributed by atoms with Crippen LogP contribution in [0.1, 0.15) is 68.3 Å².